The number of ether oxygens (including phenoxy) is 2. The lowest BCUT2D eigenvalue weighted by Crippen LogP contribution is -2.52. The molecule has 0 amide bonds. The molecule has 1 heterocycles. The normalized spacial score (nSPS) is 21.5. The molecule has 2 aliphatic rings. The summed E-state index contributed by atoms with van der Waals surface area (Å²) in [6.45, 7) is 9.48. The van der Waals surface area contributed by atoms with Crippen LogP contribution in [-0.2, 0) is 11.3 Å². The second-order valence-corrected chi connectivity index (χ2v) is 7.68. The van der Waals surface area contributed by atoms with Crippen molar-refractivity contribution in [3.05, 3.63) is 29.8 Å². The number of halogens is 1. The van der Waals surface area contributed by atoms with Crippen molar-refractivity contribution in [3.63, 3.8) is 0 Å². The van der Waals surface area contributed by atoms with E-state index in [1.807, 2.05) is 13.1 Å². The minimum atomic E-state index is 0. The van der Waals surface area contributed by atoms with Crippen molar-refractivity contribution in [3.8, 4) is 5.75 Å². The van der Waals surface area contributed by atoms with Crippen molar-refractivity contribution in [1.82, 2.24) is 15.5 Å². The lowest BCUT2D eigenvalue weighted by molar-refractivity contribution is -0.0174. The molecular formula is C21H35IN4O2. The molecule has 2 atom stereocenters. The Bertz CT molecular complexity index is 624. The first kappa shape index (κ1) is 23.2. The first-order valence-corrected chi connectivity index (χ1v) is 10.2. The first-order valence-electron chi connectivity index (χ1n) is 10.2. The van der Waals surface area contributed by atoms with Gasteiger partial charge in [-0.3, -0.25) is 9.89 Å². The molecule has 2 fully saturated rings. The number of guanidine groups is 1. The molecule has 1 aromatic rings. The number of nitrogens with one attached hydrogen (secondary N) is 2. The third-order valence-corrected chi connectivity index (χ3v) is 5.36. The van der Waals surface area contributed by atoms with E-state index in [9.17, 15) is 0 Å². The van der Waals surface area contributed by atoms with E-state index in [1.165, 1.54) is 12.8 Å². The summed E-state index contributed by atoms with van der Waals surface area (Å²) in [5, 5.41) is 6.87. The highest BCUT2D eigenvalue weighted by Gasteiger charge is 2.24. The second-order valence-electron chi connectivity index (χ2n) is 7.68. The van der Waals surface area contributed by atoms with Gasteiger partial charge in [-0.1, -0.05) is 18.2 Å². The number of nitrogens with zero attached hydrogens (tertiary/aromatic N) is 2. The van der Waals surface area contributed by atoms with E-state index >= 15 is 0 Å². The van der Waals surface area contributed by atoms with Gasteiger partial charge < -0.3 is 20.1 Å². The molecule has 2 N–H and O–H groups in total. The molecule has 6 nitrogen and oxygen atoms in total. The highest BCUT2D eigenvalue weighted by Crippen LogP contribution is 2.30. The standard InChI is InChI=1S/C21H34N4O2.HI/c1-16(25-10-11-26-14-17(25)2)12-23-21(22-3)24-13-19-6-4-5-7-20(19)27-15-18-8-9-18;/h4-7,16-18H,8-15H2,1-3H3,(H2,22,23,24);1H. The van der Waals surface area contributed by atoms with Crippen LogP contribution in [0.3, 0.4) is 0 Å². The summed E-state index contributed by atoms with van der Waals surface area (Å²) in [7, 11) is 1.81. The molecule has 2 unspecified atom stereocenters. The molecule has 3 rings (SSSR count). The molecule has 0 bridgehead atoms. The van der Waals surface area contributed by atoms with Crippen LogP contribution in [0.25, 0.3) is 0 Å². The maximum Gasteiger partial charge on any atom is 0.191 e. The largest absolute Gasteiger partial charge is 0.493 e. The third-order valence-electron chi connectivity index (χ3n) is 5.36. The van der Waals surface area contributed by atoms with Crippen molar-refractivity contribution in [2.24, 2.45) is 10.9 Å². The van der Waals surface area contributed by atoms with Gasteiger partial charge in [0.1, 0.15) is 5.75 Å². The molecule has 0 spiro atoms. The van der Waals surface area contributed by atoms with Gasteiger partial charge >= 0.3 is 0 Å². The van der Waals surface area contributed by atoms with Gasteiger partial charge in [0, 0.05) is 44.3 Å². The average molecular weight is 502 g/mol. The van der Waals surface area contributed by atoms with E-state index in [2.05, 4.69) is 52.6 Å². The Morgan fingerprint density at radius 2 is 2.11 bits per heavy atom. The van der Waals surface area contributed by atoms with Crippen molar-refractivity contribution < 1.29 is 9.47 Å². The van der Waals surface area contributed by atoms with Gasteiger partial charge in [-0.15, -0.1) is 24.0 Å². The van der Waals surface area contributed by atoms with Crippen molar-refractivity contribution in [2.75, 3.05) is 40.0 Å². The number of para-hydroxylation sites is 1. The minimum absolute atomic E-state index is 0. The minimum Gasteiger partial charge on any atom is -0.493 e. The summed E-state index contributed by atoms with van der Waals surface area (Å²) in [6.07, 6.45) is 2.61. The molecule has 28 heavy (non-hydrogen) atoms. The van der Waals surface area contributed by atoms with E-state index < -0.39 is 0 Å². The third kappa shape index (κ3) is 7.08. The van der Waals surface area contributed by atoms with Crippen LogP contribution in [0.4, 0.5) is 0 Å². The number of hydrogen-bond acceptors (Lipinski definition) is 4. The Hall–Kier alpha value is -1.06. The first-order chi connectivity index (χ1) is 13.2. The Kier molecular flexibility index (Phi) is 9.81. The predicted molar refractivity (Wildman–Crippen MR) is 125 cm³/mol. The average Bonchev–Trinajstić information content (AvgIpc) is 3.52. The predicted octanol–water partition coefficient (Wildman–Crippen LogP) is 2.87. The molecule has 0 aromatic heterocycles. The zero-order chi connectivity index (χ0) is 19.1. The molecule has 1 aromatic carbocycles. The van der Waals surface area contributed by atoms with Crippen LogP contribution >= 0.6 is 24.0 Å². The number of benzene rings is 1. The van der Waals surface area contributed by atoms with Gasteiger partial charge in [0.25, 0.3) is 0 Å². The van der Waals surface area contributed by atoms with Crippen molar-refractivity contribution in [2.45, 2.75) is 45.3 Å². The van der Waals surface area contributed by atoms with E-state index in [-0.39, 0.29) is 24.0 Å². The smallest absolute Gasteiger partial charge is 0.191 e. The second kappa shape index (κ2) is 11.8. The van der Waals surface area contributed by atoms with E-state index in [4.69, 9.17) is 9.47 Å². The number of morpholine rings is 1. The van der Waals surface area contributed by atoms with Gasteiger partial charge in [0.15, 0.2) is 5.96 Å². The zero-order valence-electron chi connectivity index (χ0n) is 17.3. The van der Waals surface area contributed by atoms with Crippen molar-refractivity contribution >= 4 is 29.9 Å². The molecule has 0 radical (unpaired) electrons. The van der Waals surface area contributed by atoms with Crippen LogP contribution in [0.2, 0.25) is 0 Å². The monoisotopic (exact) mass is 502 g/mol. The fourth-order valence-electron chi connectivity index (χ4n) is 3.44. The summed E-state index contributed by atoms with van der Waals surface area (Å²) in [4.78, 5) is 6.85. The molecule has 1 saturated heterocycles. The molecule has 1 saturated carbocycles. The lowest BCUT2D eigenvalue weighted by Gasteiger charge is -2.38. The van der Waals surface area contributed by atoms with Crippen LogP contribution in [-0.4, -0.2) is 62.9 Å². The molecular weight excluding hydrogens is 467 g/mol. The number of rotatable bonds is 8. The Balaban J connectivity index is 0.00000280. The summed E-state index contributed by atoms with van der Waals surface area (Å²) in [6, 6.07) is 9.14. The van der Waals surface area contributed by atoms with Gasteiger partial charge in [-0.05, 0) is 38.7 Å². The van der Waals surface area contributed by atoms with Crippen molar-refractivity contribution in [1.29, 1.82) is 0 Å². The summed E-state index contributed by atoms with van der Waals surface area (Å²) < 4.78 is 11.5. The Morgan fingerprint density at radius 3 is 2.82 bits per heavy atom. The molecule has 7 heteroatoms. The summed E-state index contributed by atoms with van der Waals surface area (Å²) >= 11 is 0. The highest BCUT2D eigenvalue weighted by atomic mass is 127. The maximum atomic E-state index is 6.00. The van der Waals surface area contributed by atoms with Crippen LogP contribution in [0.1, 0.15) is 32.3 Å². The van der Waals surface area contributed by atoms with E-state index in [0.717, 1.165) is 56.1 Å². The molecule has 1 aliphatic heterocycles. The van der Waals surface area contributed by atoms with Crippen LogP contribution in [0.15, 0.2) is 29.3 Å². The van der Waals surface area contributed by atoms with Gasteiger partial charge in [0.05, 0.1) is 19.8 Å². The lowest BCUT2D eigenvalue weighted by atomic mass is 10.2. The Morgan fingerprint density at radius 1 is 1.32 bits per heavy atom. The van der Waals surface area contributed by atoms with Crippen LogP contribution in [0, 0.1) is 5.92 Å². The maximum absolute atomic E-state index is 6.00. The van der Waals surface area contributed by atoms with Gasteiger partial charge in [0.2, 0.25) is 0 Å². The van der Waals surface area contributed by atoms with E-state index in [1.54, 1.807) is 0 Å². The van der Waals surface area contributed by atoms with E-state index in [0.29, 0.717) is 18.6 Å². The number of aliphatic imine (C=N–C) groups is 1. The molecule has 158 valence electrons. The topological polar surface area (TPSA) is 58.1 Å². The summed E-state index contributed by atoms with van der Waals surface area (Å²) in [5.74, 6) is 2.55. The highest BCUT2D eigenvalue weighted by molar-refractivity contribution is 14.0. The Labute approximate surface area is 186 Å². The number of hydrogen-bond donors (Lipinski definition) is 2. The SMILES string of the molecule is CN=C(NCc1ccccc1OCC1CC1)NCC(C)N1CCOCC1C.I. The zero-order valence-corrected chi connectivity index (χ0v) is 19.6. The fraction of sp³-hybridized carbons (Fsp3) is 0.667. The fourth-order valence-corrected chi connectivity index (χ4v) is 3.44. The van der Waals surface area contributed by atoms with Gasteiger partial charge in [-0.25, -0.2) is 0 Å². The van der Waals surface area contributed by atoms with Crippen LogP contribution in [0.5, 0.6) is 5.75 Å². The quantitative estimate of drug-likeness (QED) is 0.326. The molecule has 1 aliphatic carbocycles. The summed E-state index contributed by atoms with van der Waals surface area (Å²) in [5.41, 5.74) is 1.16. The van der Waals surface area contributed by atoms with Gasteiger partial charge in [-0.2, -0.15) is 0 Å². The van der Waals surface area contributed by atoms with Crippen LogP contribution < -0.4 is 15.4 Å².